The Hall–Kier alpha value is -2.49. The van der Waals surface area contributed by atoms with Crippen LogP contribution in [0.1, 0.15) is 65.9 Å². The molecule has 0 aliphatic carbocycles. The highest BCUT2D eigenvalue weighted by Crippen LogP contribution is 2.47. The Bertz CT molecular complexity index is 1010. The molecule has 4 heteroatoms. The van der Waals surface area contributed by atoms with E-state index in [2.05, 4.69) is 39.8 Å². The van der Waals surface area contributed by atoms with Crippen molar-refractivity contribution in [2.75, 3.05) is 7.11 Å². The van der Waals surface area contributed by atoms with E-state index in [1.807, 2.05) is 19.1 Å². The lowest BCUT2D eigenvalue weighted by molar-refractivity contribution is 0.169. The van der Waals surface area contributed by atoms with Crippen LogP contribution in [0, 0.1) is 0 Å². The van der Waals surface area contributed by atoms with Gasteiger partial charge in [-0.2, -0.15) is 0 Å². The maximum Gasteiger partial charge on any atom is 0.343 e. The molecule has 1 aromatic heterocycles. The van der Waals surface area contributed by atoms with Gasteiger partial charge in [-0.25, -0.2) is 4.79 Å². The third kappa shape index (κ3) is 4.26. The van der Waals surface area contributed by atoms with Crippen molar-refractivity contribution < 1.29 is 13.9 Å². The molecule has 0 spiro atoms. The Morgan fingerprint density at radius 1 is 1.21 bits per heavy atom. The number of allylic oxidation sites excluding steroid dienone is 4. The standard InChI is InChI=1S/C25H32O4/c1-16(2)9-7-10-17(3)11-8-14-25(5)18(4)28-23-20-13-12-19(27-6)15-21(20)29-24(26)22(23)25/h9,11-13,15,18H,7-8,10,14H2,1-6H3/t18-,25-/m1/s1. The predicted octanol–water partition coefficient (Wildman–Crippen LogP) is 6.31. The van der Waals surface area contributed by atoms with E-state index in [0.29, 0.717) is 22.6 Å². The van der Waals surface area contributed by atoms with Gasteiger partial charge in [0.2, 0.25) is 0 Å². The highest BCUT2D eigenvalue weighted by Gasteiger charge is 2.46. The van der Waals surface area contributed by atoms with Gasteiger partial charge >= 0.3 is 5.63 Å². The first-order chi connectivity index (χ1) is 13.8. The summed E-state index contributed by atoms with van der Waals surface area (Å²) < 4.78 is 17.1. The second-order valence-corrected chi connectivity index (χ2v) is 8.54. The number of methoxy groups -OCH3 is 1. The van der Waals surface area contributed by atoms with Gasteiger partial charge in [0.25, 0.3) is 0 Å². The first-order valence-corrected chi connectivity index (χ1v) is 10.4. The van der Waals surface area contributed by atoms with Gasteiger partial charge in [-0.3, -0.25) is 0 Å². The van der Waals surface area contributed by atoms with E-state index in [9.17, 15) is 4.79 Å². The Balaban J connectivity index is 1.85. The van der Waals surface area contributed by atoms with Gasteiger partial charge < -0.3 is 13.9 Å². The molecule has 2 heterocycles. The second-order valence-electron chi connectivity index (χ2n) is 8.54. The number of fused-ring (bicyclic) bond motifs is 3. The van der Waals surface area contributed by atoms with Crippen molar-refractivity contribution in [1.29, 1.82) is 0 Å². The average molecular weight is 397 g/mol. The number of rotatable bonds is 7. The van der Waals surface area contributed by atoms with Crippen LogP contribution in [-0.2, 0) is 5.41 Å². The smallest absolute Gasteiger partial charge is 0.343 e. The fourth-order valence-corrected chi connectivity index (χ4v) is 4.04. The zero-order valence-electron chi connectivity index (χ0n) is 18.4. The van der Waals surface area contributed by atoms with Crippen molar-refractivity contribution in [2.24, 2.45) is 0 Å². The molecule has 1 aromatic carbocycles. The molecule has 0 amide bonds. The first-order valence-electron chi connectivity index (χ1n) is 10.4. The molecule has 0 fully saturated rings. The van der Waals surface area contributed by atoms with Gasteiger partial charge in [0.1, 0.15) is 23.2 Å². The van der Waals surface area contributed by atoms with Gasteiger partial charge in [-0.05, 0) is 65.5 Å². The minimum absolute atomic E-state index is 0.0903. The lowest BCUT2D eigenvalue weighted by Crippen LogP contribution is -2.35. The second kappa shape index (κ2) is 8.48. The summed E-state index contributed by atoms with van der Waals surface area (Å²) in [7, 11) is 1.59. The highest BCUT2D eigenvalue weighted by molar-refractivity contribution is 5.86. The molecule has 2 aromatic rings. The summed E-state index contributed by atoms with van der Waals surface area (Å²) in [6.07, 6.45) is 8.36. The summed E-state index contributed by atoms with van der Waals surface area (Å²) in [5.74, 6) is 1.32. The van der Waals surface area contributed by atoms with Crippen LogP contribution < -0.4 is 15.1 Å². The highest BCUT2D eigenvalue weighted by atomic mass is 16.5. The molecule has 1 aliphatic rings. The van der Waals surface area contributed by atoms with Crippen LogP contribution in [0.5, 0.6) is 11.5 Å². The molecule has 4 nitrogen and oxygen atoms in total. The van der Waals surface area contributed by atoms with E-state index in [-0.39, 0.29) is 17.1 Å². The number of ether oxygens (including phenoxy) is 2. The number of hydrogen-bond acceptors (Lipinski definition) is 4. The number of benzene rings is 1. The van der Waals surface area contributed by atoms with Crippen molar-refractivity contribution in [1.82, 2.24) is 0 Å². The summed E-state index contributed by atoms with van der Waals surface area (Å²) in [4.78, 5) is 12.9. The first kappa shape index (κ1) is 21.2. The lowest BCUT2D eigenvalue weighted by Gasteiger charge is -2.26. The molecule has 2 atom stereocenters. The fourth-order valence-electron chi connectivity index (χ4n) is 4.04. The van der Waals surface area contributed by atoms with Crippen molar-refractivity contribution >= 4 is 11.0 Å². The molecule has 0 unspecified atom stereocenters. The Labute approximate surface area is 173 Å². The summed E-state index contributed by atoms with van der Waals surface area (Å²) >= 11 is 0. The van der Waals surface area contributed by atoms with Gasteiger partial charge in [0.05, 0.1) is 18.1 Å². The third-order valence-electron chi connectivity index (χ3n) is 6.08. The van der Waals surface area contributed by atoms with Crippen LogP contribution >= 0.6 is 0 Å². The predicted molar refractivity (Wildman–Crippen MR) is 118 cm³/mol. The van der Waals surface area contributed by atoms with E-state index in [1.54, 1.807) is 13.2 Å². The Morgan fingerprint density at radius 2 is 1.97 bits per heavy atom. The topological polar surface area (TPSA) is 48.7 Å². The van der Waals surface area contributed by atoms with Crippen LogP contribution in [-0.4, -0.2) is 13.2 Å². The summed E-state index contributed by atoms with van der Waals surface area (Å²) in [5, 5.41) is 0.824. The molecule has 0 N–H and O–H groups in total. The zero-order valence-corrected chi connectivity index (χ0v) is 18.4. The van der Waals surface area contributed by atoms with Gasteiger partial charge in [-0.15, -0.1) is 0 Å². The van der Waals surface area contributed by atoms with Crippen molar-refractivity contribution in [3.8, 4) is 11.5 Å². The van der Waals surface area contributed by atoms with Gasteiger partial charge in [0.15, 0.2) is 0 Å². The molecular weight excluding hydrogens is 364 g/mol. The molecule has 0 radical (unpaired) electrons. The Morgan fingerprint density at radius 3 is 2.66 bits per heavy atom. The minimum Gasteiger partial charge on any atom is -0.497 e. The molecule has 0 bridgehead atoms. The quantitative estimate of drug-likeness (QED) is 0.406. The molecule has 29 heavy (non-hydrogen) atoms. The van der Waals surface area contributed by atoms with E-state index in [0.717, 1.165) is 31.1 Å². The van der Waals surface area contributed by atoms with Crippen molar-refractivity contribution in [2.45, 2.75) is 71.8 Å². The SMILES string of the molecule is COc1ccc2c3c(c(=O)oc2c1)[C@](C)(CCC=C(C)CCC=C(C)C)[C@@H](C)O3. The van der Waals surface area contributed by atoms with E-state index in [1.165, 1.54) is 11.1 Å². The maximum atomic E-state index is 12.9. The monoisotopic (exact) mass is 396 g/mol. The largest absolute Gasteiger partial charge is 0.497 e. The minimum atomic E-state index is -0.374. The third-order valence-corrected chi connectivity index (χ3v) is 6.08. The lowest BCUT2D eigenvalue weighted by atomic mass is 9.76. The molecule has 3 rings (SSSR count). The van der Waals surface area contributed by atoms with E-state index < -0.39 is 0 Å². The molecule has 1 aliphatic heterocycles. The summed E-state index contributed by atoms with van der Waals surface area (Å²) in [5.41, 5.74) is 3.22. The molecule has 156 valence electrons. The fraction of sp³-hybridized carbons (Fsp3) is 0.480. The van der Waals surface area contributed by atoms with Gasteiger partial charge in [-0.1, -0.05) is 30.2 Å². The zero-order chi connectivity index (χ0) is 21.2. The van der Waals surface area contributed by atoms with E-state index in [4.69, 9.17) is 13.9 Å². The molecule has 0 saturated heterocycles. The van der Waals surface area contributed by atoms with Crippen LogP contribution in [0.2, 0.25) is 0 Å². The van der Waals surface area contributed by atoms with Crippen LogP contribution in [0.15, 0.2) is 50.7 Å². The van der Waals surface area contributed by atoms with E-state index >= 15 is 0 Å². The van der Waals surface area contributed by atoms with Crippen LogP contribution in [0.3, 0.4) is 0 Å². The van der Waals surface area contributed by atoms with Gasteiger partial charge in [0, 0.05) is 11.5 Å². The van der Waals surface area contributed by atoms with Crippen molar-refractivity contribution in [3.63, 3.8) is 0 Å². The molecular formula is C25H32O4. The van der Waals surface area contributed by atoms with Crippen LogP contribution in [0.25, 0.3) is 11.0 Å². The Kier molecular flexibility index (Phi) is 6.21. The number of hydrogen-bond donors (Lipinski definition) is 0. The summed E-state index contributed by atoms with van der Waals surface area (Å²) in [6.45, 7) is 10.6. The average Bonchev–Trinajstić information content (AvgIpc) is 2.92. The summed E-state index contributed by atoms with van der Waals surface area (Å²) in [6, 6.07) is 5.51. The van der Waals surface area contributed by atoms with Crippen LogP contribution in [0.4, 0.5) is 0 Å². The molecule has 0 saturated carbocycles. The van der Waals surface area contributed by atoms with Crippen molar-refractivity contribution in [3.05, 3.63) is 57.5 Å². The maximum absolute atomic E-state index is 12.9. The normalized spacial score (nSPS) is 21.0.